The number of rotatable bonds is 6. The zero-order chi connectivity index (χ0) is 13.5. The number of hydrogen-bond donors (Lipinski definition) is 2. The lowest BCUT2D eigenvalue weighted by molar-refractivity contribution is 0.970. The Labute approximate surface area is 118 Å². The standard InChI is InChI=1S/C15H19N3S/c1-3-11-16-14-9-6-10-15(18-14)17-12-7-4-5-8-13(12)19-2/h4-10H,3,11H2,1-2H3,(H2,16,17,18). The van der Waals surface area contributed by atoms with Crippen molar-refractivity contribution in [1.82, 2.24) is 4.98 Å². The maximum atomic E-state index is 4.55. The Morgan fingerprint density at radius 3 is 2.63 bits per heavy atom. The van der Waals surface area contributed by atoms with E-state index in [1.54, 1.807) is 11.8 Å². The molecule has 0 aliphatic carbocycles. The predicted octanol–water partition coefficient (Wildman–Crippen LogP) is 4.37. The third-order valence-electron chi connectivity index (χ3n) is 2.67. The van der Waals surface area contributed by atoms with Crippen molar-refractivity contribution >= 4 is 29.1 Å². The third-order valence-corrected chi connectivity index (χ3v) is 3.47. The average molecular weight is 273 g/mol. The van der Waals surface area contributed by atoms with Gasteiger partial charge in [-0.25, -0.2) is 4.98 Å². The van der Waals surface area contributed by atoms with Gasteiger partial charge in [0.05, 0.1) is 5.69 Å². The van der Waals surface area contributed by atoms with Gasteiger partial charge < -0.3 is 10.6 Å². The second-order valence-corrected chi connectivity index (χ2v) is 5.01. The van der Waals surface area contributed by atoms with Crippen LogP contribution >= 0.6 is 11.8 Å². The Kier molecular flexibility index (Phi) is 5.10. The van der Waals surface area contributed by atoms with Crippen LogP contribution in [0.2, 0.25) is 0 Å². The fourth-order valence-corrected chi connectivity index (χ4v) is 2.30. The molecule has 19 heavy (non-hydrogen) atoms. The molecule has 1 aromatic heterocycles. The molecule has 0 atom stereocenters. The Morgan fingerprint density at radius 1 is 1.05 bits per heavy atom. The van der Waals surface area contributed by atoms with Crippen molar-refractivity contribution in [3.05, 3.63) is 42.5 Å². The summed E-state index contributed by atoms with van der Waals surface area (Å²) in [6, 6.07) is 14.2. The topological polar surface area (TPSA) is 37.0 Å². The van der Waals surface area contributed by atoms with Crippen molar-refractivity contribution < 1.29 is 0 Å². The molecule has 0 saturated carbocycles. The van der Waals surface area contributed by atoms with Gasteiger partial charge in [0.2, 0.25) is 0 Å². The summed E-state index contributed by atoms with van der Waals surface area (Å²) in [5, 5.41) is 6.66. The van der Waals surface area contributed by atoms with Crippen molar-refractivity contribution in [3.8, 4) is 0 Å². The largest absolute Gasteiger partial charge is 0.370 e. The number of nitrogens with zero attached hydrogens (tertiary/aromatic N) is 1. The second-order valence-electron chi connectivity index (χ2n) is 4.16. The van der Waals surface area contributed by atoms with Crippen molar-refractivity contribution in [1.29, 1.82) is 0 Å². The first-order valence-electron chi connectivity index (χ1n) is 6.44. The first-order valence-corrected chi connectivity index (χ1v) is 7.67. The molecular weight excluding hydrogens is 254 g/mol. The van der Waals surface area contributed by atoms with Gasteiger partial charge in [0, 0.05) is 11.4 Å². The van der Waals surface area contributed by atoms with Crippen LogP contribution in [0, 0.1) is 0 Å². The molecule has 0 radical (unpaired) electrons. The van der Waals surface area contributed by atoms with Crippen LogP contribution in [0.4, 0.5) is 17.3 Å². The van der Waals surface area contributed by atoms with Gasteiger partial charge in [0.15, 0.2) is 0 Å². The van der Waals surface area contributed by atoms with Crippen LogP contribution in [0.25, 0.3) is 0 Å². The van der Waals surface area contributed by atoms with Crippen molar-refractivity contribution in [2.24, 2.45) is 0 Å². The van der Waals surface area contributed by atoms with E-state index in [0.29, 0.717) is 0 Å². The molecule has 2 aromatic rings. The number of hydrogen-bond acceptors (Lipinski definition) is 4. The molecule has 0 amide bonds. The Hall–Kier alpha value is -1.68. The van der Waals surface area contributed by atoms with Gasteiger partial charge in [-0.3, -0.25) is 0 Å². The van der Waals surface area contributed by atoms with E-state index in [4.69, 9.17) is 0 Å². The van der Waals surface area contributed by atoms with Crippen LogP contribution < -0.4 is 10.6 Å². The summed E-state index contributed by atoms with van der Waals surface area (Å²) in [5.41, 5.74) is 1.09. The van der Waals surface area contributed by atoms with Crippen LogP contribution in [-0.2, 0) is 0 Å². The Balaban J connectivity index is 2.14. The maximum Gasteiger partial charge on any atom is 0.132 e. The van der Waals surface area contributed by atoms with Crippen LogP contribution in [0.5, 0.6) is 0 Å². The van der Waals surface area contributed by atoms with E-state index >= 15 is 0 Å². The van der Waals surface area contributed by atoms with Gasteiger partial charge in [0.1, 0.15) is 11.6 Å². The normalized spacial score (nSPS) is 10.2. The number of nitrogens with one attached hydrogen (secondary N) is 2. The molecular formula is C15H19N3S. The SMILES string of the molecule is CCCNc1cccc(Nc2ccccc2SC)n1. The molecule has 0 aliphatic heterocycles. The number of pyridine rings is 1. The van der Waals surface area contributed by atoms with Gasteiger partial charge >= 0.3 is 0 Å². The lowest BCUT2D eigenvalue weighted by atomic mass is 10.3. The maximum absolute atomic E-state index is 4.55. The molecule has 0 saturated heterocycles. The number of aromatic nitrogens is 1. The van der Waals surface area contributed by atoms with Gasteiger partial charge in [-0.15, -0.1) is 11.8 Å². The smallest absolute Gasteiger partial charge is 0.132 e. The minimum Gasteiger partial charge on any atom is -0.370 e. The summed E-state index contributed by atoms with van der Waals surface area (Å²) < 4.78 is 0. The highest BCUT2D eigenvalue weighted by molar-refractivity contribution is 7.98. The molecule has 100 valence electrons. The van der Waals surface area contributed by atoms with E-state index in [2.05, 4.69) is 40.9 Å². The predicted molar refractivity (Wildman–Crippen MR) is 84.5 cm³/mol. The van der Waals surface area contributed by atoms with E-state index in [-0.39, 0.29) is 0 Å². The molecule has 1 heterocycles. The minimum absolute atomic E-state index is 0.864. The van der Waals surface area contributed by atoms with Crippen molar-refractivity contribution in [3.63, 3.8) is 0 Å². The number of anilines is 3. The zero-order valence-electron chi connectivity index (χ0n) is 11.3. The van der Waals surface area contributed by atoms with E-state index < -0.39 is 0 Å². The summed E-state index contributed by atoms with van der Waals surface area (Å²) in [6.07, 6.45) is 3.17. The van der Waals surface area contributed by atoms with Gasteiger partial charge in [-0.05, 0) is 36.9 Å². The zero-order valence-corrected chi connectivity index (χ0v) is 12.1. The Morgan fingerprint density at radius 2 is 1.84 bits per heavy atom. The summed E-state index contributed by atoms with van der Waals surface area (Å²) >= 11 is 1.73. The minimum atomic E-state index is 0.864. The lowest BCUT2D eigenvalue weighted by Crippen LogP contribution is -2.03. The van der Waals surface area contributed by atoms with Crippen molar-refractivity contribution in [2.75, 3.05) is 23.4 Å². The second kappa shape index (κ2) is 7.04. The summed E-state index contributed by atoms with van der Waals surface area (Å²) in [7, 11) is 0. The average Bonchev–Trinajstić information content (AvgIpc) is 2.46. The van der Waals surface area contributed by atoms with E-state index in [1.165, 1.54) is 4.90 Å². The number of thioether (sulfide) groups is 1. The quantitative estimate of drug-likeness (QED) is 0.766. The number of para-hydroxylation sites is 1. The summed E-state index contributed by atoms with van der Waals surface area (Å²) in [4.78, 5) is 5.77. The van der Waals surface area contributed by atoms with Gasteiger partial charge in [-0.1, -0.05) is 25.1 Å². The molecule has 4 heteroatoms. The molecule has 1 aromatic carbocycles. The third kappa shape index (κ3) is 3.89. The molecule has 0 aliphatic rings. The first kappa shape index (κ1) is 13.7. The fraction of sp³-hybridized carbons (Fsp3) is 0.267. The molecule has 2 rings (SSSR count). The van der Waals surface area contributed by atoms with Gasteiger partial charge in [0.25, 0.3) is 0 Å². The molecule has 0 unspecified atom stereocenters. The van der Waals surface area contributed by atoms with Crippen molar-refractivity contribution in [2.45, 2.75) is 18.2 Å². The summed E-state index contributed by atoms with van der Waals surface area (Å²) in [5.74, 6) is 1.77. The molecule has 3 nitrogen and oxygen atoms in total. The highest BCUT2D eigenvalue weighted by atomic mass is 32.2. The van der Waals surface area contributed by atoms with Crippen LogP contribution in [0.15, 0.2) is 47.4 Å². The molecule has 0 bridgehead atoms. The first-order chi connectivity index (χ1) is 9.33. The van der Waals surface area contributed by atoms with Crippen LogP contribution in [0.3, 0.4) is 0 Å². The number of benzene rings is 1. The molecule has 2 N–H and O–H groups in total. The lowest BCUT2D eigenvalue weighted by Gasteiger charge is -2.11. The molecule has 0 fully saturated rings. The monoisotopic (exact) mass is 273 g/mol. The van der Waals surface area contributed by atoms with E-state index in [9.17, 15) is 0 Å². The summed E-state index contributed by atoms with van der Waals surface area (Å²) in [6.45, 7) is 3.08. The Bertz CT molecular complexity index is 528. The van der Waals surface area contributed by atoms with Crippen LogP contribution in [-0.4, -0.2) is 17.8 Å². The highest BCUT2D eigenvalue weighted by Crippen LogP contribution is 2.27. The van der Waals surface area contributed by atoms with E-state index in [0.717, 1.165) is 30.3 Å². The van der Waals surface area contributed by atoms with E-state index in [1.807, 2.05) is 30.3 Å². The molecule has 0 spiro atoms. The van der Waals surface area contributed by atoms with Gasteiger partial charge in [-0.2, -0.15) is 0 Å². The highest BCUT2D eigenvalue weighted by Gasteiger charge is 2.02. The fourth-order valence-electron chi connectivity index (χ4n) is 1.74. The van der Waals surface area contributed by atoms with Crippen LogP contribution in [0.1, 0.15) is 13.3 Å².